The summed E-state index contributed by atoms with van der Waals surface area (Å²) in [7, 11) is 1.62. The molecule has 0 N–H and O–H groups in total. The van der Waals surface area contributed by atoms with Gasteiger partial charge in [-0.25, -0.2) is 4.79 Å². The molecule has 0 heterocycles. The van der Waals surface area contributed by atoms with Crippen LogP contribution in [0.2, 0.25) is 0 Å². The van der Waals surface area contributed by atoms with Crippen LogP contribution in [0.25, 0.3) is 0 Å². The van der Waals surface area contributed by atoms with Crippen molar-refractivity contribution >= 4 is 22.8 Å². The summed E-state index contributed by atoms with van der Waals surface area (Å²) >= 11 is 1.21. The van der Waals surface area contributed by atoms with Crippen LogP contribution in [0.4, 0.5) is 0 Å². The smallest absolute Gasteiger partial charge is 0.330 e. The lowest BCUT2D eigenvalue weighted by molar-refractivity contribution is -0.137. The number of carbonyl (C=O) groups excluding carboxylic acids is 2. The average molecular weight is 499 g/mol. The van der Waals surface area contributed by atoms with Crippen molar-refractivity contribution in [2.45, 2.75) is 69.1 Å². The van der Waals surface area contributed by atoms with Gasteiger partial charge in [0.2, 0.25) is 5.12 Å². The van der Waals surface area contributed by atoms with Crippen LogP contribution in [0, 0.1) is 0 Å². The minimum atomic E-state index is -0.333. The fourth-order valence-corrected chi connectivity index (χ4v) is 4.28. The van der Waals surface area contributed by atoms with Gasteiger partial charge in [0, 0.05) is 16.5 Å². The molecule has 0 amide bonds. The molecule has 5 nitrogen and oxygen atoms in total. The lowest BCUT2D eigenvalue weighted by Gasteiger charge is -2.07. The van der Waals surface area contributed by atoms with Gasteiger partial charge < -0.3 is 14.2 Å². The van der Waals surface area contributed by atoms with Gasteiger partial charge in [0.25, 0.3) is 0 Å². The summed E-state index contributed by atoms with van der Waals surface area (Å²) in [4.78, 5) is 24.3. The van der Waals surface area contributed by atoms with Gasteiger partial charge in [-0.05, 0) is 73.1 Å². The topological polar surface area (TPSA) is 61.8 Å². The maximum atomic E-state index is 12.5. The molecule has 0 atom stereocenters. The second-order valence-electron chi connectivity index (χ2n) is 8.35. The lowest BCUT2D eigenvalue weighted by Crippen LogP contribution is -2.01. The molecule has 0 radical (unpaired) electrons. The molecule has 2 aromatic carbocycles. The Morgan fingerprint density at radius 2 is 1.26 bits per heavy atom. The molecule has 35 heavy (non-hydrogen) atoms. The number of carbonyl (C=O) groups is 2. The summed E-state index contributed by atoms with van der Waals surface area (Å²) in [5, 5.41) is 0.00994. The van der Waals surface area contributed by atoms with Crippen molar-refractivity contribution in [1.82, 2.24) is 0 Å². The summed E-state index contributed by atoms with van der Waals surface area (Å²) in [6, 6.07) is 14.8. The lowest BCUT2D eigenvalue weighted by atomic mass is 10.1. The monoisotopic (exact) mass is 498 g/mol. The number of esters is 1. The van der Waals surface area contributed by atoms with Crippen molar-refractivity contribution < 1.29 is 23.8 Å². The largest absolute Gasteiger partial charge is 0.497 e. The van der Waals surface area contributed by atoms with E-state index in [1.54, 1.807) is 7.11 Å². The first-order valence-corrected chi connectivity index (χ1v) is 13.3. The molecule has 0 saturated carbocycles. The summed E-state index contributed by atoms with van der Waals surface area (Å²) in [5.41, 5.74) is 0.661. The molecular weight excluding hydrogens is 460 g/mol. The van der Waals surface area contributed by atoms with Gasteiger partial charge in [-0.3, -0.25) is 4.79 Å². The van der Waals surface area contributed by atoms with E-state index in [-0.39, 0.29) is 11.1 Å². The van der Waals surface area contributed by atoms with E-state index >= 15 is 0 Å². The maximum absolute atomic E-state index is 12.5. The van der Waals surface area contributed by atoms with Crippen LogP contribution in [-0.4, -0.2) is 31.4 Å². The number of methoxy groups -OCH3 is 1. The van der Waals surface area contributed by atoms with Crippen LogP contribution in [0.1, 0.15) is 74.6 Å². The Bertz CT molecular complexity index is 877. The van der Waals surface area contributed by atoms with Gasteiger partial charge in [0.1, 0.15) is 11.5 Å². The molecule has 2 rings (SSSR count). The molecule has 2 aromatic rings. The van der Waals surface area contributed by atoms with Crippen LogP contribution < -0.4 is 9.47 Å². The number of unbranched alkanes of at least 4 members (excludes halogenated alkanes) is 9. The van der Waals surface area contributed by atoms with Crippen LogP contribution >= 0.6 is 11.8 Å². The number of rotatable bonds is 18. The van der Waals surface area contributed by atoms with E-state index in [2.05, 4.69) is 6.58 Å². The van der Waals surface area contributed by atoms with Crippen LogP contribution in [0.15, 0.2) is 66.1 Å². The second kappa shape index (κ2) is 17.7. The first-order chi connectivity index (χ1) is 17.1. The quantitative estimate of drug-likeness (QED) is 0.0911. The Balaban J connectivity index is 1.46. The second-order valence-corrected chi connectivity index (χ2v) is 9.39. The van der Waals surface area contributed by atoms with Gasteiger partial charge >= 0.3 is 5.97 Å². The van der Waals surface area contributed by atoms with Gasteiger partial charge in [-0.2, -0.15) is 0 Å². The van der Waals surface area contributed by atoms with Gasteiger partial charge in [0.05, 0.1) is 20.3 Å². The van der Waals surface area contributed by atoms with Crippen molar-refractivity contribution in [1.29, 1.82) is 0 Å². The van der Waals surface area contributed by atoms with Crippen molar-refractivity contribution in [2.24, 2.45) is 0 Å². The fraction of sp³-hybridized carbons (Fsp3) is 0.448. The highest BCUT2D eigenvalue weighted by Crippen LogP contribution is 2.26. The van der Waals surface area contributed by atoms with E-state index in [9.17, 15) is 9.59 Å². The number of hydrogen-bond donors (Lipinski definition) is 0. The van der Waals surface area contributed by atoms with E-state index in [0.717, 1.165) is 35.7 Å². The van der Waals surface area contributed by atoms with Crippen LogP contribution in [-0.2, 0) is 9.53 Å². The minimum absolute atomic E-state index is 0.00994. The van der Waals surface area contributed by atoms with Gasteiger partial charge in [0.15, 0.2) is 0 Å². The van der Waals surface area contributed by atoms with E-state index in [4.69, 9.17) is 14.2 Å². The number of ether oxygens (including phenoxy) is 3. The summed E-state index contributed by atoms with van der Waals surface area (Å²) in [5.74, 6) is 1.24. The molecule has 0 spiro atoms. The first kappa shape index (κ1) is 28.5. The van der Waals surface area contributed by atoms with E-state index in [1.807, 2.05) is 48.5 Å². The third kappa shape index (κ3) is 12.5. The molecule has 0 aliphatic carbocycles. The Kier molecular flexibility index (Phi) is 14.4. The molecular formula is C29H38O5S. The average Bonchev–Trinajstić information content (AvgIpc) is 2.89. The molecule has 0 aliphatic heterocycles. The molecule has 6 heteroatoms. The Labute approximate surface area is 214 Å². The van der Waals surface area contributed by atoms with Gasteiger partial charge in [-0.15, -0.1) is 0 Å². The van der Waals surface area contributed by atoms with Gasteiger partial charge in [-0.1, -0.05) is 57.9 Å². The standard InChI is InChI=1S/C29H38O5S/c1-3-28(30)34-23-13-11-9-7-5-4-6-8-10-12-22-33-26-16-14-24(15-17-26)29(31)35-27-20-18-25(32-2)19-21-27/h3,14-21H,1,4-13,22-23H2,2H3. The van der Waals surface area contributed by atoms with Crippen LogP contribution in [0.5, 0.6) is 11.5 Å². The molecule has 0 bridgehead atoms. The molecule has 0 saturated heterocycles. The fourth-order valence-electron chi connectivity index (χ4n) is 3.54. The number of hydrogen-bond acceptors (Lipinski definition) is 6. The molecule has 0 unspecified atom stereocenters. The van der Waals surface area contributed by atoms with E-state index in [1.165, 1.54) is 62.8 Å². The van der Waals surface area contributed by atoms with Crippen molar-refractivity contribution in [3.63, 3.8) is 0 Å². The Morgan fingerprint density at radius 1 is 0.743 bits per heavy atom. The number of benzene rings is 2. The summed E-state index contributed by atoms with van der Waals surface area (Å²) in [6.45, 7) is 4.58. The molecule has 0 aromatic heterocycles. The zero-order valence-electron chi connectivity index (χ0n) is 20.8. The minimum Gasteiger partial charge on any atom is -0.497 e. The van der Waals surface area contributed by atoms with Crippen LogP contribution in [0.3, 0.4) is 0 Å². The highest BCUT2D eigenvalue weighted by Gasteiger charge is 2.09. The Morgan fingerprint density at radius 3 is 1.80 bits per heavy atom. The summed E-state index contributed by atoms with van der Waals surface area (Å²) < 4.78 is 15.9. The Hall–Kier alpha value is -2.73. The molecule has 0 aliphatic rings. The zero-order chi connectivity index (χ0) is 25.1. The normalized spacial score (nSPS) is 10.5. The number of thioether (sulfide) groups is 1. The van der Waals surface area contributed by atoms with E-state index in [0.29, 0.717) is 18.8 Å². The third-order valence-corrected chi connectivity index (χ3v) is 6.51. The zero-order valence-corrected chi connectivity index (χ0v) is 21.7. The predicted molar refractivity (Wildman–Crippen MR) is 142 cm³/mol. The van der Waals surface area contributed by atoms with Crippen molar-refractivity contribution in [3.8, 4) is 11.5 Å². The SMILES string of the molecule is C=CC(=O)OCCCCCCCCCCCCOc1ccc(C(=O)Sc2ccc(OC)cc2)cc1. The highest BCUT2D eigenvalue weighted by atomic mass is 32.2. The van der Waals surface area contributed by atoms with Crippen molar-refractivity contribution in [2.75, 3.05) is 20.3 Å². The maximum Gasteiger partial charge on any atom is 0.330 e. The molecule has 0 fully saturated rings. The third-order valence-electron chi connectivity index (χ3n) is 5.58. The molecule has 190 valence electrons. The predicted octanol–water partition coefficient (Wildman–Crippen LogP) is 7.64. The highest BCUT2D eigenvalue weighted by molar-refractivity contribution is 8.14. The van der Waals surface area contributed by atoms with Crippen molar-refractivity contribution in [3.05, 3.63) is 66.7 Å². The van der Waals surface area contributed by atoms with E-state index < -0.39 is 0 Å². The summed E-state index contributed by atoms with van der Waals surface area (Å²) in [6.07, 6.45) is 12.9. The first-order valence-electron chi connectivity index (χ1n) is 12.5.